The van der Waals surface area contributed by atoms with Crippen LogP contribution in [0.25, 0.3) is 0 Å². The second-order valence-corrected chi connectivity index (χ2v) is 6.15. The number of fused-ring (bicyclic) bond motifs is 1. The van der Waals surface area contributed by atoms with Crippen LogP contribution in [0.1, 0.15) is 27.2 Å². The van der Waals surface area contributed by atoms with Gasteiger partial charge in [-0.1, -0.05) is 11.6 Å². The number of hydrogen-bond donors (Lipinski definition) is 0. The van der Waals surface area contributed by atoms with Crippen molar-refractivity contribution in [1.82, 2.24) is 4.78 Å². The molecule has 0 fully saturated rings. The molecule has 0 saturated heterocycles. The largest absolute Gasteiger partial charge is 0.273 e. The summed E-state index contributed by atoms with van der Waals surface area (Å²) in [5.74, 6) is 0.0904. The van der Waals surface area contributed by atoms with Crippen LogP contribution in [-0.2, 0) is 4.79 Å². The van der Waals surface area contributed by atoms with Crippen molar-refractivity contribution in [2.24, 2.45) is 5.10 Å². The van der Waals surface area contributed by atoms with Gasteiger partial charge >= 0.3 is 0 Å². The van der Waals surface area contributed by atoms with E-state index < -0.39 is 0 Å². The van der Waals surface area contributed by atoms with Gasteiger partial charge in [-0.05, 0) is 20.3 Å². The Labute approximate surface area is 85.7 Å². The average molecular weight is 210 g/mol. The molecular formula is C10H15N2OP. The number of nitrogens with zero attached hydrogens (tertiary/aromatic N) is 2. The average Bonchev–Trinajstić information content (AvgIpc) is 2.43. The second-order valence-electron chi connectivity index (χ2n) is 3.95. The van der Waals surface area contributed by atoms with Crippen LogP contribution in [0, 0.1) is 0 Å². The molecule has 0 aromatic carbocycles. The molecule has 0 saturated carbocycles. The minimum absolute atomic E-state index is 0.0904. The molecule has 4 heteroatoms. The first-order chi connectivity index (χ1) is 6.59. The summed E-state index contributed by atoms with van der Waals surface area (Å²) in [5.41, 5.74) is 3.07. The maximum atomic E-state index is 11.4. The van der Waals surface area contributed by atoms with Crippen molar-refractivity contribution in [3.63, 3.8) is 0 Å². The van der Waals surface area contributed by atoms with Gasteiger partial charge in [-0.2, -0.15) is 5.10 Å². The van der Waals surface area contributed by atoms with Gasteiger partial charge in [-0.25, -0.2) is 4.78 Å². The SMILES string of the molecule is CC(=O)N1N=C(C)C2CC=C(C)CP21. The predicted octanol–water partition coefficient (Wildman–Crippen LogP) is 2.34. The molecule has 2 unspecified atom stereocenters. The molecule has 0 aromatic heterocycles. The summed E-state index contributed by atoms with van der Waals surface area (Å²) in [4.78, 5) is 11.4. The van der Waals surface area contributed by atoms with E-state index in [0.29, 0.717) is 5.66 Å². The summed E-state index contributed by atoms with van der Waals surface area (Å²) >= 11 is 0. The van der Waals surface area contributed by atoms with E-state index in [9.17, 15) is 4.79 Å². The van der Waals surface area contributed by atoms with Gasteiger partial charge in [0.25, 0.3) is 0 Å². The summed E-state index contributed by atoms with van der Waals surface area (Å²) < 4.78 is 1.73. The molecule has 2 aliphatic heterocycles. The minimum atomic E-state index is -0.389. The van der Waals surface area contributed by atoms with E-state index in [4.69, 9.17) is 0 Å². The van der Waals surface area contributed by atoms with E-state index in [2.05, 4.69) is 18.1 Å². The molecule has 76 valence electrons. The molecule has 0 aromatic rings. The summed E-state index contributed by atoms with van der Waals surface area (Å²) in [7, 11) is -0.389. The fourth-order valence-corrected chi connectivity index (χ4v) is 4.68. The zero-order chi connectivity index (χ0) is 10.3. The van der Waals surface area contributed by atoms with Crippen LogP contribution in [0.2, 0.25) is 0 Å². The number of amides is 1. The van der Waals surface area contributed by atoms with E-state index in [1.54, 1.807) is 11.7 Å². The van der Waals surface area contributed by atoms with Gasteiger partial charge in [0, 0.05) is 32.5 Å². The highest BCUT2D eigenvalue weighted by molar-refractivity contribution is 7.58. The molecule has 2 rings (SSSR count). The third-order valence-corrected chi connectivity index (χ3v) is 5.71. The smallest absolute Gasteiger partial charge is 0.242 e. The fourth-order valence-electron chi connectivity index (χ4n) is 1.97. The highest BCUT2D eigenvalue weighted by atomic mass is 31.1. The monoisotopic (exact) mass is 210 g/mol. The van der Waals surface area contributed by atoms with Gasteiger partial charge in [0.15, 0.2) is 0 Å². The van der Waals surface area contributed by atoms with E-state index in [-0.39, 0.29) is 14.0 Å². The van der Waals surface area contributed by atoms with Gasteiger partial charge in [-0.3, -0.25) is 4.79 Å². The van der Waals surface area contributed by atoms with Crippen molar-refractivity contribution >= 4 is 19.7 Å². The van der Waals surface area contributed by atoms with Gasteiger partial charge in [0.2, 0.25) is 5.91 Å². The van der Waals surface area contributed by atoms with Crippen LogP contribution in [0.5, 0.6) is 0 Å². The van der Waals surface area contributed by atoms with Crippen LogP contribution in [-0.4, -0.2) is 28.2 Å². The fraction of sp³-hybridized carbons (Fsp3) is 0.600. The number of rotatable bonds is 0. The van der Waals surface area contributed by atoms with Crippen molar-refractivity contribution in [2.75, 3.05) is 6.16 Å². The van der Waals surface area contributed by atoms with Crippen LogP contribution in [0.4, 0.5) is 0 Å². The van der Waals surface area contributed by atoms with Crippen molar-refractivity contribution in [3.05, 3.63) is 11.6 Å². The minimum Gasteiger partial charge on any atom is -0.273 e. The molecule has 2 heterocycles. The second kappa shape index (κ2) is 3.47. The van der Waals surface area contributed by atoms with Crippen LogP contribution < -0.4 is 0 Å². The highest BCUT2D eigenvalue weighted by Crippen LogP contribution is 2.55. The molecule has 0 spiro atoms. The van der Waals surface area contributed by atoms with E-state index in [1.807, 2.05) is 6.92 Å². The first-order valence-corrected chi connectivity index (χ1v) is 6.42. The normalized spacial score (nSPS) is 30.9. The molecule has 0 aliphatic carbocycles. The third-order valence-electron chi connectivity index (χ3n) is 2.72. The summed E-state index contributed by atoms with van der Waals surface area (Å²) in [5, 5.41) is 4.36. The Morgan fingerprint density at radius 1 is 1.64 bits per heavy atom. The number of carbonyl (C=O) groups excluding carboxylic acids is 1. The van der Waals surface area contributed by atoms with E-state index >= 15 is 0 Å². The van der Waals surface area contributed by atoms with Crippen LogP contribution in [0.3, 0.4) is 0 Å². The van der Waals surface area contributed by atoms with Gasteiger partial charge in [0.05, 0.1) is 0 Å². The lowest BCUT2D eigenvalue weighted by molar-refractivity contribution is -0.124. The first kappa shape index (κ1) is 9.85. The molecule has 0 bridgehead atoms. The number of carbonyl (C=O) groups is 1. The molecule has 2 aliphatic rings. The topological polar surface area (TPSA) is 32.7 Å². The quantitative estimate of drug-likeness (QED) is 0.446. The van der Waals surface area contributed by atoms with Gasteiger partial charge in [-0.15, -0.1) is 0 Å². The van der Waals surface area contributed by atoms with Crippen LogP contribution >= 0.6 is 8.07 Å². The maximum Gasteiger partial charge on any atom is 0.242 e. The molecule has 0 N–H and O–H groups in total. The molecule has 14 heavy (non-hydrogen) atoms. The predicted molar refractivity (Wildman–Crippen MR) is 59.6 cm³/mol. The highest BCUT2D eigenvalue weighted by Gasteiger charge is 2.38. The number of hydrazone groups is 1. The Balaban J connectivity index is 2.26. The number of allylic oxidation sites excluding steroid dienone is 2. The third kappa shape index (κ3) is 1.50. The number of hydrogen-bond acceptors (Lipinski definition) is 2. The van der Waals surface area contributed by atoms with Crippen molar-refractivity contribution in [2.45, 2.75) is 32.9 Å². The Morgan fingerprint density at radius 3 is 3.00 bits per heavy atom. The van der Waals surface area contributed by atoms with Gasteiger partial charge < -0.3 is 0 Å². The molecular weight excluding hydrogens is 195 g/mol. The van der Waals surface area contributed by atoms with Crippen molar-refractivity contribution in [3.8, 4) is 0 Å². The Hall–Kier alpha value is -0.690. The molecule has 0 radical (unpaired) electrons. The molecule has 1 amide bonds. The lowest BCUT2D eigenvalue weighted by atomic mass is 10.1. The summed E-state index contributed by atoms with van der Waals surface area (Å²) in [6.45, 7) is 5.79. The summed E-state index contributed by atoms with van der Waals surface area (Å²) in [6, 6.07) is 0. The van der Waals surface area contributed by atoms with E-state index in [0.717, 1.165) is 18.3 Å². The Morgan fingerprint density at radius 2 is 2.36 bits per heavy atom. The standard InChI is InChI=1S/C10H15N2OP/c1-7-4-5-10-8(2)11-12(9(3)13)14(10)6-7/h4,10H,5-6H2,1-3H3. The lowest BCUT2D eigenvalue weighted by Crippen LogP contribution is -2.22. The molecule has 2 atom stereocenters. The zero-order valence-electron chi connectivity index (χ0n) is 8.82. The first-order valence-electron chi connectivity index (χ1n) is 4.87. The Kier molecular flexibility index (Phi) is 2.44. The van der Waals surface area contributed by atoms with E-state index in [1.165, 1.54) is 5.57 Å². The lowest BCUT2D eigenvalue weighted by Gasteiger charge is -2.28. The van der Waals surface area contributed by atoms with Crippen LogP contribution in [0.15, 0.2) is 16.8 Å². The zero-order valence-corrected chi connectivity index (χ0v) is 9.71. The summed E-state index contributed by atoms with van der Waals surface area (Å²) in [6.07, 6.45) is 4.39. The van der Waals surface area contributed by atoms with Gasteiger partial charge in [0.1, 0.15) is 0 Å². The van der Waals surface area contributed by atoms with Crippen molar-refractivity contribution < 1.29 is 4.79 Å². The maximum absolute atomic E-state index is 11.4. The molecule has 3 nitrogen and oxygen atoms in total. The Bertz CT molecular complexity index is 335. The van der Waals surface area contributed by atoms with Crippen molar-refractivity contribution in [1.29, 1.82) is 0 Å².